The molecule has 1 amide bonds. The number of pyridine rings is 1. The number of ether oxygens (including phenoxy) is 3. The van der Waals surface area contributed by atoms with Crippen LogP contribution in [0.2, 0.25) is 10.3 Å². The lowest BCUT2D eigenvalue weighted by atomic mass is 10.2. The molecule has 0 bridgehead atoms. The van der Waals surface area contributed by atoms with Gasteiger partial charge in [-0.05, 0) is 24.3 Å². The summed E-state index contributed by atoms with van der Waals surface area (Å²) >= 11 is 11.6. The Morgan fingerprint density at radius 1 is 1.08 bits per heavy atom. The molecule has 1 heterocycles. The highest BCUT2D eigenvalue weighted by atomic mass is 35.5. The third-order valence-electron chi connectivity index (χ3n) is 2.99. The van der Waals surface area contributed by atoms with E-state index in [9.17, 15) is 4.79 Å². The normalized spacial score (nSPS) is 10.3. The number of carbonyl (C=O) groups excluding carboxylic acids is 1. The van der Waals surface area contributed by atoms with Gasteiger partial charge in [0.15, 0.2) is 11.5 Å². The molecule has 1 N–H and O–H groups in total. The van der Waals surface area contributed by atoms with Gasteiger partial charge in [-0.15, -0.1) is 0 Å². The summed E-state index contributed by atoms with van der Waals surface area (Å²) in [5, 5.41) is 3.03. The van der Waals surface area contributed by atoms with Gasteiger partial charge >= 0.3 is 0 Å². The van der Waals surface area contributed by atoms with Crippen molar-refractivity contribution in [2.24, 2.45) is 0 Å². The molecule has 0 aliphatic carbocycles. The minimum Gasteiger partial charge on any atom is -0.493 e. The van der Waals surface area contributed by atoms with Gasteiger partial charge in [0.2, 0.25) is 0 Å². The van der Waals surface area contributed by atoms with Gasteiger partial charge in [0.1, 0.15) is 16.9 Å². The number of aromatic nitrogens is 1. The standard InChI is InChI=1S/C16H16Cl2N2O4/c1-22-5-6-24-13-9-11(3-4-12(13)23-2)19-16(21)10-7-14(17)20-15(18)8-10/h3-4,7-9H,5-6H2,1-2H3,(H,19,21). The molecule has 0 spiro atoms. The highest BCUT2D eigenvalue weighted by Crippen LogP contribution is 2.30. The van der Waals surface area contributed by atoms with Gasteiger partial charge in [0.05, 0.1) is 13.7 Å². The average molecular weight is 371 g/mol. The zero-order valence-electron chi connectivity index (χ0n) is 13.1. The van der Waals surface area contributed by atoms with Crippen molar-refractivity contribution in [2.75, 3.05) is 32.8 Å². The number of hydrogen-bond donors (Lipinski definition) is 1. The molecule has 0 saturated heterocycles. The molecule has 0 atom stereocenters. The Kier molecular flexibility index (Phi) is 6.66. The lowest BCUT2D eigenvalue weighted by Gasteiger charge is -2.13. The predicted molar refractivity (Wildman–Crippen MR) is 92.6 cm³/mol. The van der Waals surface area contributed by atoms with Crippen molar-refractivity contribution >= 4 is 34.8 Å². The fourth-order valence-electron chi connectivity index (χ4n) is 1.90. The van der Waals surface area contributed by atoms with E-state index in [0.29, 0.717) is 36.0 Å². The molecule has 0 unspecified atom stereocenters. The van der Waals surface area contributed by atoms with Crippen molar-refractivity contribution in [3.63, 3.8) is 0 Å². The maximum atomic E-state index is 12.3. The number of rotatable bonds is 7. The molecule has 1 aromatic heterocycles. The molecule has 2 rings (SSSR count). The van der Waals surface area contributed by atoms with Gasteiger partial charge in [-0.25, -0.2) is 4.98 Å². The van der Waals surface area contributed by atoms with Crippen LogP contribution in [0.4, 0.5) is 5.69 Å². The molecular weight excluding hydrogens is 355 g/mol. The monoisotopic (exact) mass is 370 g/mol. The minimum atomic E-state index is -0.366. The summed E-state index contributed by atoms with van der Waals surface area (Å²) in [7, 11) is 3.12. The predicted octanol–water partition coefficient (Wildman–Crippen LogP) is 3.67. The van der Waals surface area contributed by atoms with Crippen LogP contribution >= 0.6 is 23.2 Å². The van der Waals surface area contributed by atoms with Gasteiger partial charge in [-0.1, -0.05) is 23.2 Å². The average Bonchev–Trinajstić information content (AvgIpc) is 2.54. The maximum Gasteiger partial charge on any atom is 0.255 e. The first kappa shape index (κ1) is 18.3. The van der Waals surface area contributed by atoms with Crippen molar-refractivity contribution in [1.82, 2.24) is 4.98 Å². The second kappa shape index (κ2) is 8.73. The summed E-state index contributed by atoms with van der Waals surface area (Å²) in [6, 6.07) is 7.93. The zero-order chi connectivity index (χ0) is 17.5. The SMILES string of the molecule is COCCOc1cc(NC(=O)c2cc(Cl)nc(Cl)c2)ccc1OC. The molecule has 6 nitrogen and oxygen atoms in total. The van der Waals surface area contributed by atoms with Gasteiger partial charge in [0, 0.05) is 24.4 Å². The van der Waals surface area contributed by atoms with Crippen LogP contribution in [0.1, 0.15) is 10.4 Å². The number of hydrogen-bond acceptors (Lipinski definition) is 5. The molecule has 128 valence electrons. The third kappa shape index (κ3) is 4.99. The Hall–Kier alpha value is -2.02. The van der Waals surface area contributed by atoms with Crippen LogP contribution in [-0.2, 0) is 4.74 Å². The number of amides is 1. The van der Waals surface area contributed by atoms with Crippen molar-refractivity contribution in [3.05, 3.63) is 46.2 Å². The van der Waals surface area contributed by atoms with E-state index < -0.39 is 0 Å². The first-order valence-electron chi connectivity index (χ1n) is 6.97. The van der Waals surface area contributed by atoms with E-state index in [1.807, 2.05) is 0 Å². The molecule has 1 aromatic carbocycles. The fourth-order valence-corrected chi connectivity index (χ4v) is 2.36. The lowest BCUT2D eigenvalue weighted by molar-refractivity contribution is 0.102. The second-order valence-corrected chi connectivity index (χ2v) is 5.44. The van der Waals surface area contributed by atoms with Crippen LogP contribution in [0.25, 0.3) is 0 Å². The molecule has 0 aliphatic rings. The molecule has 0 fully saturated rings. The number of anilines is 1. The first-order valence-corrected chi connectivity index (χ1v) is 7.73. The Balaban J connectivity index is 2.16. The minimum absolute atomic E-state index is 0.144. The molecule has 2 aromatic rings. The maximum absolute atomic E-state index is 12.3. The molecule has 8 heteroatoms. The van der Waals surface area contributed by atoms with E-state index in [1.54, 1.807) is 25.3 Å². The summed E-state index contributed by atoms with van der Waals surface area (Å²) in [5.74, 6) is 0.687. The van der Waals surface area contributed by atoms with Gasteiger partial charge < -0.3 is 19.5 Å². The largest absolute Gasteiger partial charge is 0.493 e. The lowest BCUT2D eigenvalue weighted by Crippen LogP contribution is -2.12. The molecule has 0 saturated carbocycles. The second-order valence-electron chi connectivity index (χ2n) is 4.66. The molecule has 0 aliphatic heterocycles. The van der Waals surface area contributed by atoms with Crippen LogP contribution in [-0.4, -0.2) is 38.3 Å². The number of methoxy groups -OCH3 is 2. The summed E-state index contributed by atoms with van der Waals surface area (Å²) in [4.78, 5) is 16.1. The third-order valence-corrected chi connectivity index (χ3v) is 3.38. The Bertz CT molecular complexity index is 705. The van der Waals surface area contributed by atoms with E-state index in [1.165, 1.54) is 19.2 Å². The number of nitrogens with zero attached hydrogens (tertiary/aromatic N) is 1. The number of halogens is 2. The fraction of sp³-hybridized carbons (Fsp3) is 0.250. The topological polar surface area (TPSA) is 69.7 Å². The Morgan fingerprint density at radius 2 is 1.79 bits per heavy atom. The molecule has 0 radical (unpaired) electrons. The summed E-state index contributed by atoms with van der Waals surface area (Å²) in [6.07, 6.45) is 0. The van der Waals surface area contributed by atoms with Crippen molar-refractivity contribution < 1.29 is 19.0 Å². The van der Waals surface area contributed by atoms with E-state index in [4.69, 9.17) is 37.4 Å². The highest BCUT2D eigenvalue weighted by Gasteiger charge is 2.11. The number of nitrogens with one attached hydrogen (secondary N) is 1. The van der Waals surface area contributed by atoms with Crippen LogP contribution in [0.5, 0.6) is 11.5 Å². The van der Waals surface area contributed by atoms with Crippen molar-refractivity contribution in [1.29, 1.82) is 0 Å². The number of carbonyl (C=O) groups is 1. The quantitative estimate of drug-likeness (QED) is 0.594. The van der Waals surface area contributed by atoms with Crippen LogP contribution in [0, 0.1) is 0 Å². The molecular formula is C16H16Cl2N2O4. The van der Waals surface area contributed by atoms with Gasteiger partial charge in [-0.2, -0.15) is 0 Å². The zero-order valence-corrected chi connectivity index (χ0v) is 14.6. The van der Waals surface area contributed by atoms with Crippen LogP contribution in [0.15, 0.2) is 30.3 Å². The summed E-state index contributed by atoms with van der Waals surface area (Å²) in [5.41, 5.74) is 0.843. The summed E-state index contributed by atoms with van der Waals surface area (Å²) < 4.78 is 15.8. The number of benzene rings is 1. The molecule has 24 heavy (non-hydrogen) atoms. The summed E-state index contributed by atoms with van der Waals surface area (Å²) in [6.45, 7) is 0.799. The Morgan fingerprint density at radius 3 is 2.42 bits per heavy atom. The van der Waals surface area contributed by atoms with Crippen LogP contribution < -0.4 is 14.8 Å². The van der Waals surface area contributed by atoms with Gasteiger partial charge in [-0.3, -0.25) is 4.79 Å². The highest BCUT2D eigenvalue weighted by molar-refractivity contribution is 6.33. The van der Waals surface area contributed by atoms with Gasteiger partial charge in [0.25, 0.3) is 5.91 Å². The van der Waals surface area contributed by atoms with Crippen LogP contribution in [0.3, 0.4) is 0 Å². The Labute approximate surface area is 149 Å². The van der Waals surface area contributed by atoms with E-state index in [2.05, 4.69) is 10.3 Å². The first-order chi connectivity index (χ1) is 11.5. The van der Waals surface area contributed by atoms with E-state index in [-0.39, 0.29) is 16.2 Å². The van der Waals surface area contributed by atoms with E-state index >= 15 is 0 Å². The van der Waals surface area contributed by atoms with Crippen molar-refractivity contribution in [2.45, 2.75) is 0 Å². The van der Waals surface area contributed by atoms with Crippen molar-refractivity contribution in [3.8, 4) is 11.5 Å². The smallest absolute Gasteiger partial charge is 0.255 e. The van der Waals surface area contributed by atoms with E-state index in [0.717, 1.165) is 0 Å².